The van der Waals surface area contributed by atoms with Crippen LogP contribution in [-0.4, -0.2) is 11.1 Å². The maximum Gasteiger partial charge on any atom is 0.307 e. The average molecular weight is 287 g/mol. The highest BCUT2D eigenvalue weighted by Crippen LogP contribution is 2.38. The lowest BCUT2D eigenvalue weighted by atomic mass is 9.84. The van der Waals surface area contributed by atoms with Gasteiger partial charge in [0.2, 0.25) is 0 Å². The minimum Gasteiger partial charge on any atom is -0.481 e. The fourth-order valence-electron chi connectivity index (χ4n) is 2.63. The smallest absolute Gasteiger partial charge is 0.307 e. The van der Waals surface area contributed by atoms with Gasteiger partial charge in [-0.25, -0.2) is 0 Å². The molecule has 0 saturated heterocycles. The molecule has 1 fully saturated rings. The van der Waals surface area contributed by atoms with Gasteiger partial charge in [-0.2, -0.15) is 0 Å². The zero-order valence-electron chi connectivity index (χ0n) is 10.1. The van der Waals surface area contributed by atoms with Gasteiger partial charge in [-0.1, -0.05) is 42.5 Å². The van der Waals surface area contributed by atoms with Crippen molar-refractivity contribution in [1.82, 2.24) is 0 Å². The Kier molecular flexibility index (Phi) is 4.52. The van der Waals surface area contributed by atoms with Crippen LogP contribution in [0.2, 0.25) is 10.0 Å². The van der Waals surface area contributed by atoms with Gasteiger partial charge in [0.25, 0.3) is 0 Å². The fraction of sp³-hybridized carbons (Fsp3) is 0.500. The summed E-state index contributed by atoms with van der Waals surface area (Å²) < 4.78 is 0. The second-order valence-corrected chi connectivity index (χ2v) is 5.68. The predicted molar refractivity (Wildman–Crippen MR) is 73.6 cm³/mol. The first-order valence-electron chi connectivity index (χ1n) is 6.27. The first-order chi connectivity index (χ1) is 8.58. The summed E-state index contributed by atoms with van der Waals surface area (Å²) in [5.74, 6) is -0.416. The minimum absolute atomic E-state index is 0.0799. The van der Waals surface area contributed by atoms with Gasteiger partial charge in [-0.05, 0) is 42.0 Å². The van der Waals surface area contributed by atoms with Gasteiger partial charge in [-0.15, -0.1) is 0 Å². The van der Waals surface area contributed by atoms with E-state index in [0.29, 0.717) is 21.5 Å². The third kappa shape index (κ3) is 3.18. The number of hydrogen-bond donors (Lipinski definition) is 1. The molecule has 4 heteroatoms. The summed E-state index contributed by atoms with van der Waals surface area (Å²) in [6.07, 6.45) is 5.97. The molecule has 0 amide bonds. The van der Waals surface area contributed by atoms with Crippen LogP contribution in [-0.2, 0) is 11.2 Å². The molecule has 0 radical (unpaired) electrons. The third-order valence-electron chi connectivity index (χ3n) is 3.55. The van der Waals surface area contributed by atoms with E-state index in [2.05, 4.69) is 0 Å². The fourth-order valence-corrected chi connectivity index (χ4v) is 3.21. The van der Waals surface area contributed by atoms with E-state index < -0.39 is 5.97 Å². The van der Waals surface area contributed by atoms with Crippen LogP contribution in [0.15, 0.2) is 12.1 Å². The second kappa shape index (κ2) is 5.94. The van der Waals surface area contributed by atoms with E-state index >= 15 is 0 Å². The summed E-state index contributed by atoms with van der Waals surface area (Å²) >= 11 is 12.4. The molecule has 0 heterocycles. The Labute approximate surface area is 117 Å². The molecular formula is C14H16Cl2O2. The Hall–Kier alpha value is -0.730. The van der Waals surface area contributed by atoms with Crippen LogP contribution in [0.3, 0.4) is 0 Å². The molecule has 0 unspecified atom stereocenters. The van der Waals surface area contributed by atoms with Crippen LogP contribution in [0.25, 0.3) is 0 Å². The number of carboxylic acid groups (broad SMARTS) is 1. The van der Waals surface area contributed by atoms with Crippen molar-refractivity contribution in [3.63, 3.8) is 0 Å². The van der Waals surface area contributed by atoms with Crippen LogP contribution >= 0.6 is 23.2 Å². The van der Waals surface area contributed by atoms with Crippen LogP contribution in [0.1, 0.15) is 49.1 Å². The summed E-state index contributed by atoms with van der Waals surface area (Å²) in [6.45, 7) is 0. The van der Waals surface area contributed by atoms with Crippen molar-refractivity contribution in [2.24, 2.45) is 0 Å². The third-order valence-corrected chi connectivity index (χ3v) is 4.23. The average Bonchev–Trinajstić information content (AvgIpc) is 2.34. The van der Waals surface area contributed by atoms with Gasteiger partial charge < -0.3 is 5.11 Å². The second-order valence-electron chi connectivity index (χ2n) is 4.87. The number of aliphatic carboxylic acids is 1. The Bertz CT molecular complexity index is 451. The van der Waals surface area contributed by atoms with Crippen molar-refractivity contribution in [3.05, 3.63) is 33.3 Å². The van der Waals surface area contributed by atoms with Crippen molar-refractivity contribution in [3.8, 4) is 0 Å². The monoisotopic (exact) mass is 286 g/mol. The highest BCUT2D eigenvalue weighted by molar-refractivity contribution is 6.34. The lowest BCUT2D eigenvalue weighted by Crippen LogP contribution is -2.07. The summed E-state index contributed by atoms with van der Waals surface area (Å²) in [7, 11) is 0. The van der Waals surface area contributed by atoms with E-state index in [-0.39, 0.29) is 6.42 Å². The zero-order valence-corrected chi connectivity index (χ0v) is 11.6. The molecule has 1 aromatic rings. The van der Waals surface area contributed by atoms with Crippen LogP contribution in [0.4, 0.5) is 0 Å². The van der Waals surface area contributed by atoms with Gasteiger partial charge >= 0.3 is 5.97 Å². The largest absolute Gasteiger partial charge is 0.481 e. The standard InChI is InChI=1S/C14H16Cl2O2/c15-12-8-11(9-4-2-1-3-5-9)13(16)6-10(12)7-14(17)18/h6,8-9H,1-5,7H2,(H,17,18). The lowest BCUT2D eigenvalue weighted by Gasteiger charge is -2.23. The van der Waals surface area contributed by atoms with Crippen LogP contribution in [0.5, 0.6) is 0 Å². The maximum atomic E-state index is 10.7. The van der Waals surface area contributed by atoms with E-state index in [1.165, 1.54) is 19.3 Å². The maximum absolute atomic E-state index is 10.7. The first kappa shape index (κ1) is 13.7. The molecule has 1 aliphatic carbocycles. The molecule has 1 N–H and O–H groups in total. The van der Waals surface area contributed by atoms with Gasteiger partial charge in [0, 0.05) is 10.0 Å². The normalized spacial score (nSPS) is 16.8. The van der Waals surface area contributed by atoms with Crippen molar-refractivity contribution < 1.29 is 9.90 Å². The van der Waals surface area contributed by atoms with E-state index in [1.54, 1.807) is 6.07 Å². The van der Waals surface area contributed by atoms with E-state index in [9.17, 15) is 4.79 Å². The van der Waals surface area contributed by atoms with Gasteiger partial charge in [0.15, 0.2) is 0 Å². The Morgan fingerprint density at radius 2 is 1.83 bits per heavy atom. The molecule has 1 saturated carbocycles. The Balaban J connectivity index is 2.26. The Morgan fingerprint density at radius 3 is 2.44 bits per heavy atom. The number of halogens is 2. The molecule has 2 rings (SSSR count). The van der Waals surface area contributed by atoms with E-state index in [1.807, 2.05) is 6.07 Å². The van der Waals surface area contributed by atoms with Crippen molar-refractivity contribution in [2.45, 2.75) is 44.4 Å². The lowest BCUT2D eigenvalue weighted by molar-refractivity contribution is -0.136. The summed E-state index contributed by atoms with van der Waals surface area (Å²) in [5.41, 5.74) is 1.67. The number of hydrogen-bond acceptors (Lipinski definition) is 1. The topological polar surface area (TPSA) is 37.3 Å². The summed E-state index contributed by atoms with van der Waals surface area (Å²) in [4.78, 5) is 10.7. The van der Waals surface area contributed by atoms with Gasteiger partial charge in [-0.3, -0.25) is 4.79 Å². The predicted octanol–water partition coefficient (Wildman–Crippen LogP) is 4.67. The van der Waals surface area contributed by atoms with E-state index in [4.69, 9.17) is 28.3 Å². The molecule has 0 aromatic heterocycles. The first-order valence-corrected chi connectivity index (χ1v) is 7.03. The molecule has 18 heavy (non-hydrogen) atoms. The minimum atomic E-state index is -0.890. The highest BCUT2D eigenvalue weighted by atomic mass is 35.5. The van der Waals surface area contributed by atoms with Gasteiger partial charge in [0.1, 0.15) is 0 Å². The number of carbonyl (C=O) groups is 1. The van der Waals surface area contributed by atoms with Crippen molar-refractivity contribution in [2.75, 3.05) is 0 Å². The molecular weight excluding hydrogens is 271 g/mol. The van der Waals surface area contributed by atoms with Crippen molar-refractivity contribution in [1.29, 1.82) is 0 Å². The van der Waals surface area contributed by atoms with Crippen LogP contribution < -0.4 is 0 Å². The zero-order chi connectivity index (χ0) is 13.1. The van der Waals surface area contributed by atoms with Gasteiger partial charge in [0.05, 0.1) is 6.42 Å². The molecule has 2 nitrogen and oxygen atoms in total. The highest BCUT2D eigenvalue weighted by Gasteiger charge is 2.20. The molecule has 0 spiro atoms. The quantitative estimate of drug-likeness (QED) is 0.877. The summed E-state index contributed by atoms with van der Waals surface area (Å²) in [5, 5.41) is 9.97. The van der Waals surface area contributed by atoms with Crippen molar-refractivity contribution >= 4 is 29.2 Å². The molecule has 0 bridgehead atoms. The number of carboxylic acids is 1. The molecule has 0 aliphatic heterocycles. The number of benzene rings is 1. The summed E-state index contributed by atoms with van der Waals surface area (Å²) in [6, 6.07) is 3.57. The van der Waals surface area contributed by atoms with E-state index in [0.717, 1.165) is 18.4 Å². The molecule has 0 atom stereocenters. The molecule has 98 valence electrons. The molecule has 1 aromatic carbocycles. The molecule has 1 aliphatic rings. The Morgan fingerprint density at radius 1 is 1.17 bits per heavy atom. The van der Waals surface area contributed by atoms with Crippen LogP contribution in [0, 0.1) is 0 Å². The number of rotatable bonds is 3. The SMILES string of the molecule is O=C(O)Cc1cc(Cl)c(C2CCCCC2)cc1Cl.